The van der Waals surface area contributed by atoms with Crippen LogP contribution in [0.1, 0.15) is 33.3 Å². The SMILES string of the molecule is CC.CC.CN(C)Cc1cccc2[nH]c(-c3ccnc(N)c3N)cc12. The van der Waals surface area contributed by atoms with E-state index in [1.165, 1.54) is 10.9 Å². The topological polar surface area (TPSA) is 84.0 Å². The van der Waals surface area contributed by atoms with Gasteiger partial charge in [0.15, 0.2) is 0 Å². The molecule has 0 bridgehead atoms. The van der Waals surface area contributed by atoms with Gasteiger partial charge in [-0.1, -0.05) is 39.8 Å². The quantitative estimate of drug-likeness (QED) is 0.654. The lowest BCUT2D eigenvalue weighted by Crippen LogP contribution is -2.10. The number of hydrogen-bond acceptors (Lipinski definition) is 4. The van der Waals surface area contributed by atoms with Crippen molar-refractivity contribution in [2.24, 2.45) is 0 Å². The Bertz CT molecular complexity index is 790. The molecule has 1 aromatic carbocycles. The number of nitrogen functional groups attached to an aromatic ring is 2. The number of H-pyrrole nitrogens is 1. The first-order valence-electron chi connectivity index (χ1n) is 8.82. The van der Waals surface area contributed by atoms with E-state index in [1.807, 2.05) is 33.8 Å². The average molecular weight is 342 g/mol. The van der Waals surface area contributed by atoms with Gasteiger partial charge in [-0.15, -0.1) is 0 Å². The van der Waals surface area contributed by atoms with Gasteiger partial charge in [-0.2, -0.15) is 0 Å². The van der Waals surface area contributed by atoms with Crippen LogP contribution in [0.3, 0.4) is 0 Å². The zero-order valence-electron chi connectivity index (χ0n) is 16.2. The van der Waals surface area contributed by atoms with E-state index >= 15 is 0 Å². The molecule has 0 unspecified atom stereocenters. The Morgan fingerprint density at radius 1 is 1.04 bits per heavy atom. The summed E-state index contributed by atoms with van der Waals surface area (Å²) in [6.07, 6.45) is 1.67. The molecule has 25 heavy (non-hydrogen) atoms. The summed E-state index contributed by atoms with van der Waals surface area (Å²) in [4.78, 5) is 9.57. The van der Waals surface area contributed by atoms with Gasteiger partial charge in [-0.05, 0) is 37.9 Å². The van der Waals surface area contributed by atoms with Crippen molar-refractivity contribution in [1.29, 1.82) is 0 Å². The van der Waals surface area contributed by atoms with Crippen LogP contribution in [0.25, 0.3) is 22.2 Å². The summed E-state index contributed by atoms with van der Waals surface area (Å²) >= 11 is 0. The van der Waals surface area contributed by atoms with Crippen LogP contribution in [-0.2, 0) is 6.54 Å². The van der Waals surface area contributed by atoms with Crippen LogP contribution in [0.2, 0.25) is 0 Å². The maximum absolute atomic E-state index is 6.04. The molecule has 0 radical (unpaired) electrons. The third-order valence-corrected chi connectivity index (χ3v) is 3.55. The second kappa shape index (κ2) is 9.69. The Kier molecular flexibility index (Phi) is 7.95. The summed E-state index contributed by atoms with van der Waals surface area (Å²) in [6.45, 7) is 8.89. The molecule has 136 valence electrons. The van der Waals surface area contributed by atoms with Crippen molar-refractivity contribution in [1.82, 2.24) is 14.9 Å². The Hall–Kier alpha value is -2.53. The first-order valence-corrected chi connectivity index (χ1v) is 8.82. The molecular formula is C20H31N5. The Balaban J connectivity index is 0.000000730. The van der Waals surface area contributed by atoms with Crippen molar-refractivity contribution in [3.05, 3.63) is 42.1 Å². The minimum absolute atomic E-state index is 0.361. The number of aromatic amines is 1. The Morgan fingerprint density at radius 3 is 2.36 bits per heavy atom. The van der Waals surface area contributed by atoms with Crippen molar-refractivity contribution in [3.8, 4) is 11.3 Å². The predicted octanol–water partition coefficient (Wildman–Crippen LogP) is 4.51. The monoisotopic (exact) mass is 341 g/mol. The van der Waals surface area contributed by atoms with Gasteiger partial charge in [0.25, 0.3) is 0 Å². The Morgan fingerprint density at radius 2 is 1.72 bits per heavy atom. The van der Waals surface area contributed by atoms with Gasteiger partial charge in [0.2, 0.25) is 0 Å². The average Bonchev–Trinajstić information content (AvgIpc) is 3.05. The van der Waals surface area contributed by atoms with Crippen molar-refractivity contribution < 1.29 is 0 Å². The number of nitrogens with zero attached hydrogens (tertiary/aromatic N) is 2. The van der Waals surface area contributed by atoms with Gasteiger partial charge in [0.05, 0.1) is 5.69 Å². The summed E-state index contributed by atoms with van der Waals surface area (Å²) in [5, 5.41) is 1.20. The molecule has 0 fully saturated rings. The highest BCUT2D eigenvalue weighted by Crippen LogP contribution is 2.31. The third-order valence-electron chi connectivity index (χ3n) is 3.55. The minimum atomic E-state index is 0.361. The number of nitrogens with one attached hydrogen (secondary N) is 1. The van der Waals surface area contributed by atoms with E-state index in [2.05, 4.69) is 53.2 Å². The fourth-order valence-electron chi connectivity index (χ4n) is 2.57. The van der Waals surface area contributed by atoms with E-state index in [1.54, 1.807) is 6.20 Å². The number of rotatable bonds is 3. The first-order chi connectivity index (χ1) is 12.1. The molecule has 3 rings (SSSR count). The highest BCUT2D eigenvalue weighted by atomic mass is 15.0. The molecule has 0 aliphatic carbocycles. The molecule has 0 saturated carbocycles. The van der Waals surface area contributed by atoms with Gasteiger partial charge in [-0.25, -0.2) is 4.98 Å². The summed E-state index contributed by atoms with van der Waals surface area (Å²) in [5.41, 5.74) is 16.6. The molecule has 0 saturated heterocycles. The van der Waals surface area contributed by atoms with Crippen molar-refractivity contribution in [2.45, 2.75) is 34.2 Å². The third kappa shape index (κ3) is 4.73. The highest BCUT2D eigenvalue weighted by Gasteiger charge is 2.11. The van der Waals surface area contributed by atoms with Crippen LogP contribution in [0.4, 0.5) is 11.5 Å². The zero-order chi connectivity index (χ0) is 19.0. The first kappa shape index (κ1) is 20.5. The molecule has 5 nitrogen and oxygen atoms in total. The molecular weight excluding hydrogens is 310 g/mol. The predicted molar refractivity (Wildman–Crippen MR) is 110 cm³/mol. The summed E-state index contributed by atoms with van der Waals surface area (Å²) in [6, 6.07) is 10.3. The van der Waals surface area contributed by atoms with Crippen molar-refractivity contribution in [3.63, 3.8) is 0 Å². The van der Waals surface area contributed by atoms with E-state index in [0.29, 0.717) is 11.5 Å². The van der Waals surface area contributed by atoms with E-state index in [0.717, 1.165) is 23.3 Å². The van der Waals surface area contributed by atoms with Crippen molar-refractivity contribution >= 4 is 22.4 Å². The number of hydrogen-bond donors (Lipinski definition) is 3. The summed E-state index contributed by atoms with van der Waals surface area (Å²) in [7, 11) is 4.13. The van der Waals surface area contributed by atoms with Gasteiger partial charge >= 0.3 is 0 Å². The lowest BCUT2D eigenvalue weighted by Gasteiger charge is -2.10. The second-order valence-electron chi connectivity index (χ2n) is 5.46. The molecule has 5 N–H and O–H groups in total. The van der Waals surface area contributed by atoms with Gasteiger partial charge in [0, 0.05) is 34.9 Å². The fourth-order valence-corrected chi connectivity index (χ4v) is 2.57. The standard InChI is InChI=1S/C16H19N5.2C2H6/c1-21(2)9-10-4-3-5-13-12(10)8-14(20-13)11-6-7-19-16(18)15(11)17;2*1-2/h3-8,20H,9,17H2,1-2H3,(H2,18,19);2*1-2H3. The minimum Gasteiger partial charge on any atom is -0.395 e. The molecule has 3 aromatic rings. The number of nitrogens with two attached hydrogens (primary N) is 2. The molecule has 0 aliphatic heterocycles. The van der Waals surface area contributed by atoms with Crippen LogP contribution >= 0.6 is 0 Å². The summed E-state index contributed by atoms with van der Waals surface area (Å²) < 4.78 is 0. The zero-order valence-corrected chi connectivity index (χ0v) is 16.2. The summed E-state index contributed by atoms with van der Waals surface area (Å²) in [5.74, 6) is 0.361. The van der Waals surface area contributed by atoms with Gasteiger partial charge in [0.1, 0.15) is 5.82 Å². The molecule has 0 spiro atoms. The second-order valence-corrected chi connectivity index (χ2v) is 5.46. The number of anilines is 2. The highest BCUT2D eigenvalue weighted by molar-refractivity contribution is 5.92. The number of fused-ring (bicyclic) bond motifs is 1. The van der Waals surface area contributed by atoms with E-state index in [-0.39, 0.29) is 0 Å². The fraction of sp³-hybridized carbons (Fsp3) is 0.350. The van der Waals surface area contributed by atoms with Crippen LogP contribution in [-0.4, -0.2) is 29.0 Å². The molecule has 0 atom stereocenters. The van der Waals surface area contributed by atoms with Crippen LogP contribution in [0.15, 0.2) is 36.5 Å². The lowest BCUT2D eigenvalue weighted by atomic mass is 10.1. The van der Waals surface area contributed by atoms with E-state index in [9.17, 15) is 0 Å². The molecule has 0 aliphatic rings. The van der Waals surface area contributed by atoms with Crippen LogP contribution in [0.5, 0.6) is 0 Å². The van der Waals surface area contributed by atoms with Gasteiger partial charge < -0.3 is 21.4 Å². The molecule has 0 amide bonds. The number of benzene rings is 1. The van der Waals surface area contributed by atoms with Crippen molar-refractivity contribution in [2.75, 3.05) is 25.6 Å². The number of aromatic nitrogens is 2. The van der Waals surface area contributed by atoms with Crippen LogP contribution < -0.4 is 11.5 Å². The normalized spacial score (nSPS) is 10.0. The maximum Gasteiger partial charge on any atom is 0.147 e. The molecule has 2 heterocycles. The lowest BCUT2D eigenvalue weighted by molar-refractivity contribution is 0.404. The van der Waals surface area contributed by atoms with E-state index in [4.69, 9.17) is 11.5 Å². The molecule has 5 heteroatoms. The maximum atomic E-state index is 6.04. The smallest absolute Gasteiger partial charge is 0.147 e. The van der Waals surface area contributed by atoms with E-state index < -0.39 is 0 Å². The molecule has 2 aromatic heterocycles. The van der Waals surface area contributed by atoms with Gasteiger partial charge in [-0.3, -0.25) is 0 Å². The Labute approximate surface area is 151 Å². The largest absolute Gasteiger partial charge is 0.395 e. The number of pyridine rings is 1. The van der Waals surface area contributed by atoms with Crippen LogP contribution in [0, 0.1) is 0 Å².